The maximum absolute atomic E-state index is 11.8. The Morgan fingerprint density at radius 1 is 1.44 bits per heavy atom. The average molecular weight is 247 g/mol. The molecule has 2 atom stereocenters. The number of nitrogens with two attached hydrogens (primary N) is 1. The Morgan fingerprint density at radius 3 is 2.78 bits per heavy atom. The molecule has 1 heterocycles. The molecule has 1 unspecified atom stereocenters. The van der Waals surface area contributed by atoms with Gasteiger partial charge in [-0.2, -0.15) is 0 Å². The highest BCUT2D eigenvalue weighted by Gasteiger charge is 2.22. The lowest BCUT2D eigenvalue weighted by atomic mass is 10.1. The van der Waals surface area contributed by atoms with Crippen molar-refractivity contribution < 1.29 is 9.59 Å². The fraction of sp³-hybridized carbons (Fsp3) is 0.385. The number of hydrogen-bond donors (Lipinski definition) is 3. The molecule has 0 spiro atoms. The minimum Gasteiger partial charge on any atom is -0.352 e. The van der Waals surface area contributed by atoms with Gasteiger partial charge in [-0.25, -0.2) is 0 Å². The van der Waals surface area contributed by atoms with Gasteiger partial charge in [0.2, 0.25) is 11.8 Å². The van der Waals surface area contributed by atoms with Gasteiger partial charge in [-0.05, 0) is 12.0 Å². The monoisotopic (exact) mass is 247 g/mol. The van der Waals surface area contributed by atoms with Crippen LogP contribution in [0.3, 0.4) is 0 Å². The third-order valence-electron chi connectivity index (χ3n) is 3.05. The second-order valence-corrected chi connectivity index (χ2v) is 4.44. The van der Waals surface area contributed by atoms with Crippen LogP contribution >= 0.6 is 0 Å². The van der Waals surface area contributed by atoms with Crippen LogP contribution in [0.2, 0.25) is 0 Å². The number of carbonyl (C=O) groups excluding carboxylic acids is 2. The molecule has 2 rings (SSSR count). The number of carbonyl (C=O) groups is 2. The van der Waals surface area contributed by atoms with Gasteiger partial charge in [0.15, 0.2) is 0 Å². The number of rotatable bonds is 4. The lowest BCUT2D eigenvalue weighted by Crippen LogP contribution is -2.42. The highest BCUT2D eigenvalue weighted by molar-refractivity contribution is 5.83. The quantitative estimate of drug-likeness (QED) is 0.704. The molecule has 2 amide bonds. The topological polar surface area (TPSA) is 84.2 Å². The van der Waals surface area contributed by atoms with Gasteiger partial charge in [-0.3, -0.25) is 9.59 Å². The van der Waals surface area contributed by atoms with E-state index < -0.39 is 6.04 Å². The summed E-state index contributed by atoms with van der Waals surface area (Å²) in [5.74, 6) is -0.177. The maximum atomic E-state index is 11.8. The molecular weight excluding hydrogens is 230 g/mol. The number of hydrogen-bond acceptors (Lipinski definition) is 3. The van der Waals surface area contributed by atoms with Gasteiger partial charge in [0.05, 0.1) is 0 Å². The number of nitrogens with one attached hydrogen (secondary N) is 2. The van der Waals surface area contributed by atoms with Crippen LogP contribution < -0.4 is 16.4 Å². The van der Waals surface area contributed by atoms with Gasteiger partial charge < -0.3 is 16.4 Å². The molecule has 5 heteroatoms. The molecule has 0 saturated carbocycles. The highest BCUT2D eigenvalue weighted by atomic mass is 16.2. The second-order valence-electron chi connectivity index (χ2n) is 4.44. The van der Waals surface area contributed by atoms with Crippen molar-refractivity contribution in [3.8, 4) is 0 Å². The number of amides is 2. The van der Waals surface area contributed by atoms with E-state index >= 15 is 0 Å². The van der Waals surface area contributed by atoms with Crippen LogP contribution in [0.15, 0.2) is 30.3 Å². The van der Waals surface area contributed by atoms with E-state index in [1.54, 1.807) is 0 Å². The van der Waals surface area contributed by atoms with E-state index in [2.05, 4.69) is 10.6 Å². The summed E-state index contributed by atoms with van der Waals surface area (Å²) >= 11 is 0. The van der Waals surface area contributed by atoms with Crippen LogP contribution in [-0.2, 0) is 9.59 Å². The van der Waals surface area contributed by atoms with Gasteiger partial charge in [0.25, 0.3) is 0 Å². The molecule has 4 N–H and O–H groups in total. The first kappa shape index (κ1) is 12.6. The van der Waals surface area contributed by atoms with E-state index in [-0.39, 0.29) is 17.9 Å². The summed E-state index contributed by atoms with van der Waals surface area (Å²) in [5, 5.41) is 5.56. The molecule has 5 nitrogen and oxygen atoms in total. The Balaban J connectivity index is 1.83. The first-order valence-corrected chi connectivity index (χ1v) is 6.04. The zero-order valence-corrected chi connectivity index (χ0v) is 10.1. The predicted molar refractivity (Wildman–Crippen MR) is 67.5 cm³/mol. The highest BCUT2D eigenvalue weighted by Crippen LogP contribution is 2.10. The van der Waals surface area contributed by atoms with E-state index in [4.69, 9.17) is 5.73 Å². The SMILES string of the molecule is N[C@H](C(=O)NCC1CCC(=O)N1)c1ccccc1. The summed E-state index contributed by atoms with van der Waals surface area (Å²) in [6.45, 7) is 0.436. The molecule has 1 fully saturated rings. The Morgan fingerprint density at radius 2 is 2.17 bits per heavy atom. The third kappa shape index (κ3) is 3.07. The summed E-state index contributed by atoms with van der Waals surface area (Å²) in [4.78, 5) is 22.8. The van der Waals surface area contributed by atoms with Gasteiger partial charge >= 0.3 is 0 Å². The van der Waals surface area contributed by atoms with Crippen LogP contribution in [0.25, 0.3) is 0 Å². The molecule has 1 saturated heterocycles. The lowest BCUT2D eigenvalue weighted by Gasteiger charge is -2.15. The fourth-order valence-corrected chi connectivity index (χ4v) is 1.98. The zero-order valence-electron chi connectivity index (χ0n) is 10.1. The molecule has 96 valence electrons. The summed E-state index contributed by atoms with van der Waals surface area (Å²) < 4.78 is 0. The molecule has 1 aliphatic rings. The van der Waals surface area contributed by atoms with Crippen LogP contribution in [0.4, 0.5) is 0 Å². The van der Waals surface area contributed by atoms with Crippen molar-refractivity contribution >= 4 is 11.8 Å². The summed E-state index contributed by atoms with van der Waals surface area (Å²) in [7, 11) is 0. The average Bonchev–Trinajstić information content (AvgIpc) is 2.82. The first-order valence-electron chi connectivity index (χ1n) is 6.04. The molecule has 1 aromatic carbocycles. The molecule has 1 aromatic rings. The van der Waals surface area contributed by atoms with Crippen molar-refractivity contribution in [1.29, 1.82) is 0 Å². The van der Waals surface area contributed by atoms with Gasteiger partial charge in [-0.1, -0.05) is 30.3 Å². The maximum Gasteiger partial charge on any atom is 0.241 e. The molecule has 0 aromatic heterocycles. The number of benzene rings is 1. The van der Waals surface area contributed by atoms with E-state index in [1.165, 1.54) is 0 Å². The Hall–Kier alpha value is -1.88. The van der Waals surface area contributed by atoms with E-state index in [9.17, 15) is 9.59 Å². The lowest BCUT2D eigenvalue weighted by molar-refractivity contribution is -0.123. The molecule has 1 aliphatic heterocycles. The van der Waals surface area contributed by atoms with Crippen molar-refractivity contribution in [3.63, 3.8) is 0 Å². The summed E-state index contributed by atoms with van der Waals surface area (Å²) in [6.07, 6.45) is 1.30. The van der Waals surface area contributed by atoms with Crippen molar-refractivity contribution in [2.24, 2.45) is 5.73 Å². The van der Waals surface area contributed by atoms with Crippen LogP contribution in [-0.4, -0.2) is 24.4 Å². The van der Waals surface area contributed by atoms with Crippen molar-refractivity contribution in [3.05, 3.63) is 35.9 Å². The molecule has 0 aliphatic carbocycles. The van der Waals surface area contributed by atoms with Crippen LogP contribution in [0.5, 0.6) is 0 Å². The molecule has 0 radical (unpaired) electrons. The molecule has 18 heavy (non-hydrogen) atoms. The summed E-state index contributed by atoms with van der Waals surface area (Å²) in [5.41, 5.74) is 6.63. The fourth-order valence-electron chi connectivity index (χ4n) is 1.98. The molecular formula is C13H17N3O2. The smallest absolute Gasteiger partial charge is 0.241 e. The van der Waals surface area contributed by atoms with Gasteiger partial charge in [-0.15, -0.1) is 0 Å². The zero-order chi connectivity index (χ0) is 13.0. The van der Waals surface area contributed by atoms with Crippen molar-refractivity contribution in [1.82, 2.24) is 10.6 Å². The minimum atomic E-state index is -0.664. The van der Waals surface area contributed by atoms with Crippen LogP contribution in [0, 0.1) is 0 Å². The third-order valence-corrected chi connectivity index (χ3v) is 3.05. The van der Waals surface area contributed by atoms with Crippen LogP contribution in [0.1, 0.15) is 24.4 Å². The first-order chi connectivity index (χ1) is 8.66. The van der Waals surface area contributed by atoms with Crippen molar-refractivity contribution in [2.75, 3.05) is 6.54 Å². The minimum absolute atomic E-state index is 0.0319. The standard InChI is InChI=1S/C13H17N3O2/c14-12(9-4-2-1-3-5-9)13(18)15-8-10-6-7-11(17)16-10/h1-5,10,12H,6-8,14H2,(H,15,18)(H,16,17)/t10?,12-/m0/s1. The van der Waals surface area contributed by atoms with E-state index in [0.29, 0.717) is 13.0 Å². The summed E-state index contributed by atoms with van der Waals surface area (Å²) in [6, 6.07) is 8.58. The van der Waals surface area contributed by atoms with E-state index in [1.807, 2.05) is 30.3 Å². The van der Waals surface area contributed by atoms with Gasteiger partial charge in [0.1, 0.15) is 6.04 Å². The molecule has 0 bridgehead atoms. The predicted octanol–water partition coefficient (Wildman–Crippen LogP) is 0.0812. The normalized spacial score (nSPS) is 20.3. The Bertz CT molecular complexity index is 433. The largest absolute Gasteiger partial charge is 0.352 e. The Labute approximate surface area is 106 Å². The van der Waals surface area contributed by atoms with Crippen molar-refractivity contribution in [2.45, 2.75) is 24.9 Å². The Kier molecular flexibility index (Phi) is 3.94. The van der Waals surface area contributed by atoms with Gasteiger partial charge in [0, 0.05) is 19.0 Å². The van der Waals surface area contributed by atoms with E-state index in [0.717, 1.165) is 12.0 Å². The second kappa shape index (κ2) is 5.64.